The van der Waals surface area contributed by atoms with E-state index in [2.05, 4.69) is 47.9 Å². The van der Waals surface area contributed by atoms with Gasteiger partial charge in [0.15, 0.2) is 0 Å². The summed E-state index contributed by atoms with van der Waals surface area (Å²) >= 11 is 1.74. The van der Waals surface area contributed by atoms with Crippen molar-refractivity contribution in [3.8, 4) is 0 Å². The number of thiophene rings is 1. The van der Waals surface area contributed by atoms with E-state index in [9.17, 15) is 4.79 Å². The Morgan fingerprint density at radius 3 is 2.74 bits per heavy atom. The van der Waals surface area contributed by atoms with Crippen LogP contribution >= 0.6 is 11.3 Å². The summed E-state index contributed by atoms with van der Waals surface area (Å²) in [6.07, 6.45) is 8.19. The smallest absolute Gasteiger partial charge is 0.223 e. The first-order valence-electron chi connectivity index (χ1n) is 10.3. The molecule has 1 N–H and O–H groups in total. The molecular formula is C21H32N4OS. The number of nitrogens with one attached hydrogen (secondary N) is 1. The molecule has 2 aromatic heterocycles. The fraction of sp³-hybridized carbons (Fsp3) is 0.667. The number of hydrogen-bond donors (Lipinski definition) is 1. The third kappa shape index (κ3) is 4.60. The lowest BCUT2D eigenvalue weighted by atomic mass is 9.95. The van der Waals surface area contributed by atoms with Gasteiger partial charge in [-0.05, 0) is 45.6 Å². The Hall–Kier alpha value is -1.69. The molecule has 1 amide bonds. The van der Waals surface area contributed by atoms with Gasteiger partial charge in [-0.3, -0.25) is 4.79 Å². The van der Waals surface area contributed by atoms with Gasteiger partial charge in [0.05, 0.1) is 5.39 Å². The fourth-order valence-electron chi connectivity index (χ4n) is 3.89. The van der Waals surface area contributed by atoms with Crippen molar-refractivity contribution in [2.24, 2.45) is 5.92 Å². The highest BCUT2D eigenvalue weighted by molar-refractivity contribution is 7.18. The molecule has 0 bridgehead atoms. The van der Waals surface area contributed by atoms with E-state index < -0.39 is 0 Å². The molecule has 0 spiro atoms. The number of aryl methyl sites for hydroxylation is 2. The topological polar surface area (TPSA) is 58.1 Å². The van der Waals surface area contributed by atoms with Crippen LogP contribution in [0.15, 0.2) is 6.33 Å². The third-order valence-electron chi connectivity index (χ3n) is 5.74. The zero-order valence-corrected chi connectivity index (χ0v) is 17.9. The van der Waals surface area contributed by atoms with E-state index in [1.165, 1.54) is 35.1 Å². The number of aromatic nitrogens is 2. The maximum absolute atomic E-state index is 12.6. The zero-order valence-electron chi connectivity index (χ0n) is 17.0. The van der Waals surface area contributed by atoms with Crippen LogP contribution in [0.4, 0.5) is 5.82 Å². The molecule has 1 unspecified atom stereocenters. The Morgan fingerprint density at radius 1 is 1.30 bits per heavy atom. The van der Waals surface area contributed by atoms with Gasteiger partial charge in [-0.15, -0.1) is 11.3 Å². The Labute approximate surface area is 166 Å². The van der Waals surface area contributed by atoms with Crippen LogP contribution in [0.5, 0.6) is 0 Å². The number of anilines is 1. The Bertz CT molecular complexity index is 780. The fourth-order valence-corrected chi connectivity index (χ4v) is 4.88. The quantitative estimate of drug-likeness (QED) is 0.704. The molecule has 3 heterocycles. The molecule has 5 nitrogen and oxygen atoms in total. The maximum atomic E-state index is 12.6. The van der Waals surface area contributed by atoms with Gasteiger partial charge < -0.3 is 10.2 Å². The number of nitrogens with zero attached hydrogens (tertiary/aromatic N) is 3. The Kier molecular flexibility index (Phi) is 6.68. The number of amides is 1. The van der Waals surface area contributed by atoms with Crippen LogP contribution in [-0.4, -0.2) is 35.0 Å². The molecule has 1 fully saturated rings. The predicted molar refractivity (Wildman–Crippen MR) is 114 cm³/mol. The van der Waals surface area contributed by atoms with E-state index in [-0.39, 0.29) is 17.9 Å². The van der Waals surface area contributed by atoms with Crippen molar-refractivity contribution in [2.75, 3.05) is 18.0 Å². The van der Waals surface area contributed by atoms with Crippen molar-refractivity contribution >= 4 is 33.3 Å². The zero-order chi connectivity index (χ0) is 19.4. The van der Waals surface area contributed by atoms with Gasteiger partial charge in [0.25, 0.3) is 0 Å². The molecule has 148 valence electrons. The predicted octanol–water partition coefficient (Wildman–Crippen LogP) is 4.61. The van der Waals surface area contributed by atoms with Gasteiger partial charge in [-0.25, -0.2) is 9.97 Å². The number of rotatable bonds is 7. The summed E-state index contributed by atoms with van der Waals surface area (Å²) in [4.78, 5) is 26.3. The van der Waals surface area contributed by atoms with Crippen LogP contribution in [0, 0.1) is 19.8 Å². The minimum Gasteiger partial charge on any atom is -0.356 e. The minimum atomic E-state index is 0.123. The van der Waals surface area contributed by atoms with Crippen LogP contribution in [0.1, 0.15) is 62.8 Å². The molecule has 1 atom stereocenters. The summed E-state index contributed by atoms with van der Waals surface area (Å²) in [6.45, 7) is 10.4. The van der Waals surface area contributed by atoms with Crippen molar-refractivity contribution in [1.82, 2.24) is 15.3 Å². The summed E-state index contributed by atoms with van der Waals surface area (Å²) in [5.41, 5.74) is 1.28. The van der Waals surface area contributed by atoms with E-state index >= 15 is 0 Å². The number of carbonyl (C=O) groups is 1. The monoisotopic (exact) mass is 388 g/mol. The molecule has 2 aromatic rings. The molecule has 0 radical (unpaired) electrons. The first-order valence-corrected chi connectivity index (χ1v) is 11.1. The van der Waals surface area contributed by atoms with Gasteiger partial charge in [0.1, 0.15) is 17.0 Å². The lowest BCUT2D eigenvalue weighted by Gasteiger charge is -2.33. The summed E-state index contributed by atoms with van der Waals surface area (Å²) < 4.78 is 0. The average Bonchev–Trinajstić information content (AvgIpc) is 2.96. The summed E-state index contributed by atoms with van der Waals surface area (Å²) in [5.74, 6) is 1.39. The third-order valence-corrected chi connectivity index (χ3v) is 6.86. The molecule has 0 aliphatic carbocycles. The molecule has 6 heteroatoms. The Morgan fingerprint density at radius 2 is 2.04 bits per heavy atom. The number of fused-ring (bicyclic) bond motifs is 1. The van der Waals surface area contributed by atoms with Crippen LogP contribution in [0.2, 0.25) is 0 Å². The van der Waals surface area contributed by atoms with Crippen molar-refractivity contribution in [1.29, 1.82) is 0 Å². The van der Waals surface area contributed by atoms with Crippen molar-refractivity contribution in [3.63, 3.8) is 0 Å². The minimum absolute atomic E-state index is 0.123. The largest absolute Gasteiger partial charge is 0.356 e. The first-order chi connectivity index (χ1) is 13.0. The average molecular weight is 389 g/mol. The molecule has 0 aromatic carbocycles. The normalized spacial score (nSPS) is 16.7. The van der Waals surface area contributed by atoms with Gasteiger partial charge in [-0.2, -0.15) is 0 Å². The van der Waals surface area contributed by atoms with Crippen LogP contribution in [0.3, 0.4) is 0 Å². The van der Waals surface area contributed by atoms with Gasteiger partial charge in [0.2, 0.25) is 5.91 Å². The lowest BCUT2D eigenvalue weighted by Crippen LogP contribution is -2.43. The number of hydrogen-bond acceptors (Lipinski definition) is 5. The van der Waals surface area contributed by atoms with Crippen molar-refractivity contribution in [2.45, 2.75) is 72.3 Å². The molecular weight excluding hydrogens is 356 g/mol. The van der Waals surface area contributed by atoms with Gasteiger partial charge in [-0.1, -0.05) is 26.2 Å². The summed E-state index contributed by atoms with van der Waals surface area (Å²) in [5, 5.41) is 4.41. The lowest BCUT2D eigenvalue weighted by molar-refractivity contribution is -0.126. The summed E-state index contributed by atoms with van der Waals surface area (Å²) in [7, 11) is 0. The number of unbranched alkanes of at least 4 members (excludes halogenated alkanes) is 2. The molecule has 0 saturated carbocycles. The van der Waals surface area contributed by atoms with E-state index in [1.807, 2.05) is 0 Å². The van der Waals surface area contributed by atoms with E-state index in [0.717, 1.165) is 43.0 Å². The molecule has 1 aliphatic heterocycles. The van der Waals surface area contributed by atoms with Gasteiger partial charge >= 0.3 is 0 Å². The SMILES string of the molecule is CCCCCC(C)NC(=O)C1CCN(c2ncnc3sc(C)c(C)c23)CC1. The van der Waals surface area contributed by atoms with Crippen LogP contribution in [-0.2, 0) is 4.79 Å². The number of piperidine rings is 1. The highest BCUT2D eigenvalue weighted by Crippen LogP contribution is 2.35. The van der Waals surface area contributed by atoms with E-state index in [0.29, 0.717) is 0 Å². The highest BCUT2D eigenvalue weighted by Gasteiger charge is 2.27. The second kappa shape index (κ2) is 9.00. The van der Waals surface area contributed by atoms with Gasteiger partial charge in [0, 0.05) is 29.9 Å². The molecule has 1 aliphatic rings. The molecule has 27 heavy (non-hydrogen) atoms. The van der Waals surface area contributed by atoms with Crippen molar-refractivity contribution in [3.05, 3.63) is 16.8 Å². The van der Waals surface area contributed by atoms with E-state index in [4.69, 9.17) is 0 Å². The summed E-state index contributed by atoms with van der Waals surface area (Å²) in [6, 6.07) is 0.278. The standard InChI is InChI=1S/C21H32N4OS/c1-5-6-7-8-14(2)24-20(26)17-9-11-25(12-10-17)19-18-15(3)16(4)27-21(18)23-13-22-19/h13-14,17H,5-12H2,1-4H3,(H,24,26). The van der Waals surface area contributed by atoms with Crippen LogP contribution in [0.25, 0.3) is 10.2 Å². The Balaban J connectivity index is 1.59. The van der Waals surface area contributed by atoms with E-state index in [1.54, 1.807) is 17.7 Å². The first kappa shape index (κ1) is 20.1. The highest BCUT2D eigenvalue weighted by atomic mass is 32.1. The molecule has 1 saturated heterocycles. The maximum Gasteiger partial charge on any atom is 0.223 e. The van der Waals surface area contributed by atoms with Crippen molar-refractivity contribution < 1.29 is 4.79 Å². The molecule has 3 rings (SSSR count). The second-order valence-electron chi connectivity index (χ2n) is 7.83. The van der Waals surface area contributed by atoms with Crippen LogP contribution < -0.4 is 10.2 Å². The number of carbonyl (C=O) groups excluding carboxylic acids is 1. The second-order valence-corrected chi connectivity index (χ2v) is 9.03.